The number of aliphatic hydroxyl groups is 1. The third kappa shape index (κ3) is 6.34. The van der Waals surface area contributed by atoms with Crippen molar-refractivity contribution in [2.45, 2.75) is 31.7 Å². The Balaban J connectivity index is 0.00000280. The van der Waals surface area contributed by atoms with Crippen molar-refractivity contribution in [2.24, 2.45) is 10.4 Å². The van der Waals surface area contributed by atoms with Gasteiger partial charge in [0, 0.05) is 56.1 Å². The van der Waals surface area contributed by atoms with Crippen molar-refractivity contribution in [1.29, 1.82) is 0 Å². The van der Waals surface area contributed by atoms with Gasteiger partial charge in [-0.15, -0.1) is 24.0 Å². The molecule has 7 nitrogen and oxygen atoms in total. The standard InChI is InChI=1S/C19H36N4O3S.HI/c1-2-20-17(21-13-18(3-8-24)4-9-26-15-18)22-14-19(5-12-27-16-19)23-6-10-25-11-7-23;/h24H,2-16H2,1H3,(H2,20,21,22);1H. The Morgan fingerprint density at radius 3 is 2.61 bits per heavy atom. The largest absolute Gasteiger partial charge is 0.396 e. The molecule has 0 saturated carbocycles. The number of rotatable bonds is 8. The van der Waals surface area contributed by atoms with Gasteiger partial charge in [0.05, 0.1) is 26.4 Å². The van der Waals surface area contributed by atoms with Crippen LogP contribution in [0.4, 0.5) is 0 Å². The minimum atomic E-state index is -0.0117. The van der Waals surface area contributed by atoms with Crippen LogP contribution in [0.2, 0.25) is 0 Å². The van der Waals surface area contributed by atoms with Gasteiger partial charge in [-0.2, -0.15) is 11.8 Å². The SMILES string of the molecule is CCNC(=NCC1(CCO)CCOC1)NCC1(N2CCOCC2)CCSC1.I. The number of halogens is 1. The molecule has 3 saturated heterocycles. The van der Waals surface area contributed by atoms with Crippen LogP contribution in [0.1, 0.15) is 26.2 Å². The number of nitrogens with one attached hydrogen (secondary N) is 2. The molecule has 9 heteroatoms. The summed E-state index contributed by atoms with van der Waals surface area (Å²) in [6, 6.07) is 0. The highest BCUT2D eigenvalue weighted by molar-refractivity contribution is 14.0. The van der Waals surface area contributed by atoms with Crippen LogP contribution in [0.25, 0.3) is 0 Å². The third-order valence-electron chi connectivity index (χ3n) is 6.09. The number of guanidine groups is 1. The lowest BCUT2D eigenvalue weighted by Crippen LogP contribution is -2.60. The first-order valence-corrected chi connectivity index (χ1v) is 11.5. The van der Waals surface area contributed by atoms with E-state index in [1.807, 2.05) is 0 Å². The van der Waals surface area contributed by atoms with Crippen molar-refractivity contribution >= 4 is 41.7 Å². The Kier molecular flexibility index (Phi) is 10.6. The maximum atomic E-state index is 9.43. The minimum Gasteiger partial charge on any atom is -0.396 e. The fourth-order valence-corrected chi connectivity index (χ4v) is 5.74. The Bertz CT molecular complexity index is 480. The zero-order chi connectivity index (χ0) is 19.0. The first-order valence-electron chi connectivity index (χ1n) is 10.3. The van der Waals surface area contributed by atoms with Crippen LogP contribution in [-0.2, 0) is 9.47 Å². The number of nitrogens with zero attached hydrogens (tertiary/aromatic N) is 2. The summed E-state index contributed by atoms with van der Waals surface area (Å²) >= 11 is 2.05. The highest BCUT2D eigenvalue weighted by Crippen LogP contribution is 2.34. The fraction of sp³-hybridized carbons (Fsp3) is 0.947. The van der Waals surface area contributed by atoms with Crippen LogP contribution in [0.5, 0.6) is 0 Å². The van der Waals surface area contributed by atoms with E-state index in [0.717, 1.165) is 64.8 Å². The molecular weight excluding hydrogens is 491 g/mol. The van der Waals surface area contributed by atoms with Gasteiger partial charge in [-0.3, -0.25) is 9.89 Å². The Labute approximate surface area is 190 Å². The van der Waals surface area contributed by atoms with Crippen LogP contribution < -0.4 is 10.6 Å². The molecule has 3 fully saturated rings. The molecule has 2 unspecified atom stereocenters. The molecule has 0 amide bonds. The summed E-state index contributed by atoms with van der Waals surface area (Å²) < 4.78 is 11.2. The molecule has 0 spiro atoms. The van der Waals surface area contributed by atoms with Crippen molar-refractivity contribution in [2.75, 3.05) is 77.3 Å². The predicted molar refractivity (Wildman–Crippen MR) is 126 cm³/mol. The first kappa shape index (κ1) is 24.5. The van der Waals surface area contributed by atoms with E-state index in [4.69, 9.17) is 14.5 Å². The molecule has 2 atom stereocenters. The predicted octanol–water partition coefficient (Wildman–Crippen LogP) is 1.16. The topological polar surface area (TPSA) is 78.4 Å². The van der Waals surface area contributed by atoms with Crippen LogP contribution >= 0.6 is 35.7 Å². The summed E-state index contributed by atoms with van der Waals surface area (Å²) in [5.74, 6) is 3.27. The molecule has 3 aliphatic rings. The summed E-state index contributed by atoms with van der Waals surface area (Å²) in [5, 5.41) is 16.5. The molecule has 3 N–H and O–H groups in total. The summed E-state index contributed by atoms with van der Waals surface area (Å²) in [7, 11) is 0. The molecule has 3 heterocycles. The van der Waals surface area contributed by atoms with E-state index in [9.17, 15) is 5.11 Å². The number of thioether (sulfide) groups is 1. The summed E-state index contributed by atoms with van der Waals surface area (Å²) in [4.78, 5) is 7.49. The summed E-state index contributed by atoms with van der Waals surface area (Å²) in [5.41, 5.74) is 0.187. The normalized spacial score (nSPS) is 31.6. The molecule has 0 radical (unpaired) electrons. The number of hydrogen-bond donors (Lipinski definition) is 3. The monoisotopic (exact) mass is 528 g/mol. The molecular formula is C19H37IN4O3S. The van der Waals surface area contributed by atoms with E-state index < -0.39 is 0 Å². The first-order chi connectivity index (χ1) is 13.2. The Hall–Kier alpha value is 0.190. The van der Waals surface area contributed by atoms with Crippen LogP contribution in [0.3, 0.4) is 0 Å². The zero-order valence-electron chi connectivity index (χ0n) is 17.1. The Morgan fingerprint density at radius 1 is 1.18 bits per heavy atom. The Morgan fingerprint density at radius 2 is 2.00 bits per heavy atom. The molecule has 0 aromatic carbocycles. The summed E-state index contributed by atoms with van der Waals surface area (Å²) in [6.07, 6.45) is 2.95. The second kappa shape index (κ2) is 12.1. The van der Waals surface area contributed by atoms with Gasteiger partial charge in [0.25, 0.3) is 0 Å². The third-order valence-corrected chi connectivity index (χ3v) is 7.33. The van der Waals surface area contributed by atoms with Crippen molar-refractivity contribution in [1.82, 2.24) is 15.5 Å². The molecule has 0 aromatic rings. The highest BCUT2D eigenvalue weighted by Gasteiger charge is 2.41. The van der Waals surface area contributed by atoms with Crippen molar-refractivity contribution in [3.05, 3.63) is 0 Å². The number of aliphatic imine (C=N–C) groups is 1. The molecule has 0 aromatic heterocycles. The lowest BCUT2D eigenvalue weighted by atomic mass is 9.84. The van der Waals surface area contributed by atoms with Gasteiger partial charge in [0.15, 0.2) is 5.96 Å². The van der Waals surface area contributed by atoms with E-state index in [1.165, 1.54) is 17.9 Å². The highest BCUT2D eigenvalue weighted by atomic mass is 127. The summed E-state index contributed by atoms with van der Waals surface area (Å²) in [6.45, 7) is 9.94. The number of ether oxygens (including phenoxy) is 2. The molecule has 28 heavy (non-hydrogen) atoms. The van der Waals surface area contributed by atoms with E-state index in [2.05, 4.69) is 34.2 Å². The maximum absolute atomic E-state index is 9.43. The lowest BCUT2D eigenvalue weighted by Gasteiger charge is -2.43. The average molecular weight is 529 g/mol. The van der Waals surface area contributed by atoms with Crippen molar-refractivity contribution < 1.29 is 14.6 Å². The second-order valence-electron chi connectivity index (χ2n) is 7.95. The minimum absolute atomic E-state index is 0. The van der Waals surface area contributed by atoms with Crippen LogP contribution in [0, 0.1) is 5.41 Å². The van der Waals surface area contributed by atoms with E-state index >= 15 is 0 Å². The smallest absolute Gasteiger partial charge is 0.191 e. The molecule has 164 valence electrons. The zero-order valence-corrected chi connectivity index (χ0v) is 20.2. The van der Waals surface area contributed by atoms with Gasteiger partial charge in [0.2, 0.25) is 0 Å². The number of aliphatic hydroxyl groups excluding tert-OH is 1. The number of hydrogen-bond acceptors (Lipinski definition) is 6. The average Bonchev–Trinajstić information content (AvgIpc) is 3.36. The van der Waals surface area contributed by atoms with E-state index in [0.29, 0.717) is 13.2 Å². The molecule has 3 rings (SSSR count). The number of morpholine rings is 1. The quantitative estimate of drug-likeness (QED) is 0.248. The van der Waals surface area contributed by atoms with Crippen LogP contribution in [-0.4, -0.2) is 98.8 Å². The van der Waals surface area contributed by atoms with Gasteiger partial charge >= 0.3 is 0 Å². The molecule has 3 aliphatic heterocycles. The fourth-order valence-electron chi connectivity index (χ4n) is 4.26. The van der Waals surface area contributed by atoms with Gasteiger partial charge in [-0.05, 0) is 31.9 Å². The van der Waals surface area contributed by atoms with Gasteiger partial charge in [-0.25, -0.2) is 0 Å². The van der Waals surface area contributed by atoms with E-state index in [1.54, 1.807) is 0 Å². The maximum Gasteiger partial charge on any atom is 0.191 e. The van der Waals surface area contributed by atoms with Gasteiger partial charge < -0.3 is 25.2 Å². The van der Waals surface area contributed by atoms with Gasteiger partial charge in [-0.1, -0.05) is 0 Å². The lowest BCUT2D eigenvalue weighted by molar-refractivity contribution is -0.0120. The van der Waals surface area contributed by atoms with E-state index in [-0.39, 0.29) is 41.5 Å². The van der Waals surface area contributed by atoms with Crippen molar-refractivity contribution in [3.8, 4) is 0 Å². The van der Waals surface area contributed by atoms with Gasteiger partial charge in [0.1, 0.15) is 0 Å². The molecule has 0 bridgehead atoms. The second-order valence-corrected chi connectivity index (χ2v) is 9.06. The molecule has 0 aliphatic carbocycles. The van der Waals surface area contributed by atoms with Crippen LogP contribution in [0.15, 0.2) is 4.99 Å². The van der Waals surface area contributed by atoms with Crippen molar-refractivity contribution in [3.63, 3.8) is 0 Å².